The fourth-order valence-corrected chi connectivity index (χ4v) is 2.22. The number of phenols is 1. The number of carbonyl (C=O) groups is 1. The van der Waals surface area contributed by atoms with E-state index in [0.717, 1.165) is 5.56 Å². The van der Waals surface area contributed by atoms with Gasteiger partial charge in [0.25, 0.3) is 5.91 Å². The fraction of sp³-hybridized carbons (Fsp3) is 0.125. The molecule has 0 spiro atoms. The Kier molecular flexibility index (Phi) is 5.16. The molecule has 0 saturated heterocycles. The molecule has 22 heavy (non-hydrogen) atoms. The number of benzene rings is 2. The van der Waals surface area contributed by atoms with Gasteiger partial charge in [0.15, 0.2) is 11.5 Å². The lowest BCUT2D eigenvalue weighted by molar-refractivity contribution is 0.0955. The Morgan fingerprint density at radius 1 is 1.32 bits per heavy atom. The van der Waals surface area contributed by atoms with Crippen molar-refractivity contribution in [2.75, 3.05) is 7.11 Å². The number of hydrogen-bond acceptors (Lipinski definition) is 4. The van der Waals surface area contributed by atoms with Crippen molar-refractivity contribution >= 4 is 28.1 Å². The van der Waals surface area contributed by atoms with Crippen LogP contribution in [0.2, 0.25) is 0 Å². The summed E-state index contributed by atoms with van der Waals surface area (Å²) in [5.41, 5.74) is 4.74. The average molecular weight is 363 g/mol. The van der Waals surface area contributed by atoms with Crippen molar-refractivity contribution in [2.45, 2.75) is 6.92 Å². The molecule has 0 aliphatic carbocycles. The Balaban J connectivity index is 2.08. The zero-order chi connectivity index (χ0) is 16.1. The predicted molar refractivity (Wildman–Crippen MR) is 88.6 cm³/mol. The Bertz CT molecular complexity index is 712. The standard InChI is InChI=1S/C16H15BrN2O3/c1-10-3-5-12(6-4-10)16(21)19-18-9-11-7-13(17)15(20)14(8-11)22-2/h3-9,20H,1-2H3,(H,19,21)/b18-9-. The van der Waals surface area contributed by atoms with Gasteiger partial charge < -0.3 is 9.84 Å². The van der Waals surface area contributed by atoms with Gasteiger partial charge in [0.1, 0.15) is 0 Å². The third kappa shape index (κ3) is 3.85. The van der Waals surface area contributed by atoms with Crippen LogP contribution in [0.4, 0.5) is 0 Å². The highest BCUT2D eigenvalue weighted by molar-refractivity contribution is 9.10. The lowest BCUT2D eigenvalue weighted by Crippen LogP contribution is -2.17. The number of methoxy groups -OCH3 is 1. The highest BCUT2D eigenvalue weighted by atomic mass is 79.9. The summed E-state index contributed by atoms with van der Waals surface area (Å²) in [6.45, 7) is 1.95. The summed E-state index contributed by atoms with van der Waals surface area (Å²) < 4.78 is 5.53. The molecule has 2 rings (SSSR count). The van der Waals surface area contributed by atoms with Crippen molar-refractivity contribution in [3.05, 3.63) is 57.6 Å². The van der Waals surface area contributed by atoms with Crippen LogP contribution in [-0.2, 0) is 0 Å². The van der Waals surface area contributed by atoms with Crippen LogP contribution >= 0.6 is 15.9 Å². The van der Waals surface area contributed by atoms with Gasteiger partial charge in [-0.1, -0.05) is 17.7 Å². The smallest absolute Gasteiger partial charge is 0.271 e. The van der Waals surface area contributed by atoms with Gasteiger partial charge in [0.05, 0.1) is 17.8 Å². The summed E-state index contributed by atoms with van der Waals surface area (Å²) in [7, 11) is 1.46. The first kappa shape index (κ1) is 16.0. The predicted octanol–water partition coefficient (Wildman–Crippen LogP) is 3.24. The minimum atomic E-state index is -0.291. The van der Waals surface area contributed by atoms with Crippen molar-refractivity contribution in [3.63, 3.8) is 0 Å². The van der Waals surface area contributed by atoms with Crippen molar-refractivity contribution in [1.82, 2.24) is 5.43 Å². The average Bonchev–Trinajstić information content (AvgIpc) is 2.51. The number of rotatable bonds is 4. The molecule has 0 radical (unpaired) electrons. The Morgan fingerprint density at radius 3 is 2.64 bits per heavy atom. The first-order valence-corrected chi connectivity index (χ1v) is 7.27. The highest BCUT2D eigenvalue weighted by Gasteiger charge is 2.08. The second kappa shape index (κ2) is 7.09. The molecule has 0 atom stereocenters. The summed E-state index contributed by atoms with van der Waals surface area (Å²) >= 11 is 3.22. The second-order valence-corrected chi connectivity index (χ2v) is 5.47. The van der Waals surface area contributed by atoms with E-state index in [-0.39, 0.29) is 11.7 Å². The molecule has 1 amide bonds. The number of carbonyl (C=O) groups excluding carboxylic acids is 1. The van der Waals surface area contributed by atoms with E-state index in [1.807, 2.05) is 19.1 Å². The van der Waals surface area contributed by atoms with E-state index < -0.39 is 0 Å². The summed E-state index contributed by atoms with van der Waals surface area (Å²) in [6, 6.07) is 10.5. The van der Waals surface area contributed by atoms with E-state index in [1.54, 1.807) is 24.3 Å². The van der Waals surface area contributed by atoms with Crippen molar-refractivity contribution < 1.29 is 14.6 Å². The maximum Gasteiger partial charge on any atom is 0.271 e. The molecule has 0 saturated carbocycles. The van der Waals surface area contributed by atoms with Crippen LogP contribution in [0.3, 0.4) is 0 Å². The number of amides is 1. The molecule has 0 aliphatic heterocycles. The Morgan fingerprint density at radius 2 is 2.00 bits per heavy atom. The number of hydrogen-bond donors (Lipinski definition) is 2. The molecule has 0 aromatic heterocycles. The van der Waals surface area contributed by atoms with Crippen LogP contribution in [0.5, 0.6) is 11.5 Å². The van der Waals surface area contributed by atoms with Gasteiger partial charge in [-0.3, -0.25) is 4.79 Å². The first-order valence-electron chi connectivity index (χ1n) is 6.48. The maximum absolute atomic E-state index is 11.9. The van der Waals surface area contributed by atoms with E-state index in [9.17, 15) is 9.90 Å². The van der Waals surface area contributed by atoms with Crippen LogP contribution in [0.25, 0.3) is 0 Å². The quantitative estimate of drug-likeness (QED) is 0.647. The summed E-state index contributed by atoms with van der Waals surface area (Å²) in [5.74, 6) is 0.0464. The van der Waals surface area contributed by atoms with E-state index in [2.05, 4.69) is 26.5 Å². The number of ether oxygens (including phenoxy) is 1. The number of phenolic OH excluding ortho intramolecular Hbond substituents is 1. The lowest BCUT2D eigenvalue weighted by atomic mass is 10.1. The summed E-state index contributed by atoms with van der Waals surface area (Å²) in [5, 5.41) is 13.6. The largest absolute Gasteiger partial charge is 0.503 e. The molecule has 5 nitrogen and oxygen atoms in total. The molecule has 0 unspecified atom stereocenters. The third-order valence-corrected chi connectivity index (χ3v) is 3.57. The van der Waals surface area contributed by atoms with Crippen molar-refractivity contribution in [1.29, 1.82) is 0 Å². The lowest BCUT2D eigenvalue weighted by Gasteiger charge is -2.06. The normalized spacial score (nSPS) is 10.7. The van der Waals surface area contributed by atoms with Gasteiger partial charge in [-0.15, -0.1) is 0 Å². The van der Waals surface area contributed by atoms with Gasteiger partial charge in [0, 0.05) is 5.56 Å². The number of aryl methyl sites for hydroxylation is 1. The highest BCUT2D eigenvalue weighted by Crippen LogP contribution is 2.34. The number of aromatic hydroxyl groups is 1. The molecule has 0 bridgehead atoms. The topological polar surface area (TPSA) is 70.9 Å². The van der Waals surface area contributed by atoms with Gasteiger partial charge in [-0.2, -0.15) is 5.10 Å². The zero-order valence-corrected chi connectivity index (χ0v) is 13.7. The molecule has 2 N–H and O–H groups in total. The number of halogens is 1. The number of nitrogens with one attached hydrogen (secondary N) is 1. The SMILES string of the molecule is COc1cc(/C=N\NC(=O)c2ccc(C)cc2)cc(Br)c1O. The molecule has 0 heterocycles. The number of hydrazone groups is 1. The monoisotopic (exact) mass is 362 g/mol. The second-order valence-electron chi connectivity index (χ2n) is 4.62. The van der Waals surface area contributed by atoms with E-state index in [4.69, 9.17) is 4.74 Å². The van der Waals surface area contributed by atoms with Crippen LogP contribution in [-0.4, -0.2) is 24.3 Å². The molecule has 0 aliphatic rings. The Labute approximate surface area is 136 Å². The van der Waals surface area contributed by atoms with Gasteiger partial charge >= 0.3 is 0 Å². The minimum absolute atomic E-state index is 0.0170. The van der Waals surface area contributed by atoms with Crippen LogP contribution < -0.4 is 10.2 Å². The molecule has 2 aromatic carbocycles. The number of nitrogens with zero attached hydrogens (tertiary/aromatic N) is 1. The molecular weight excluding hydrogens is 348 g/mol. The van der Waals surface area contributed by atoms with E-state index in [1.165, 1.54) is 13.3 Å². The molecule has 2 aromatic rings. The van der Waals surface area contributed by atoms with Gasteiger partial charge in [-0.05, 0) is 52.7 Å². The van der Waals surface area contributed by atoms with Crippen LogP contribution in [0.15, 0.2) is 46.0 Å². The first-order chi connectivity index (χ1) is 10.5. The van der Waals surface area contributed by atoms with Crippen LogP contribution in [0, 0.1) is 6.92 Å². The maximum atomic E-state index is 11.9. The summed E-state index contributed by atoms with van der Waals surface area (Å²) in [6.07, 6.45) is 1.47. The molecule has 6 heteroatoms. The fourth-order valence-electron chi connectivity index (χ4n) is 1.76. The third-order valence-electron chi connectivity index (χ3n) is 2.96. The van der Waals surface area contributed by atoms with Gasteiger partial charge in [0.2, 0.25) is 0 Å². The Hall–Kier alpha value is -2.34. The van der Waals surface area contributed by atoms with Gasteiger partial charge in [-0.25, -0.2) is 5.43 Å². The van der Waals surface area contributed by atoms with E-state index in [0.29, 0.717) is 21.3 Å². The molecular formula is C16H15BrN2O3. The van der Waals surface area contributed by atoms with E-state index >= 15 is 0 Å². The van der Waals surface area contributed by atoms with Crippen molar-refractivity contribution in [3.8, 4) is 11.5 Å². The summed E-state index contributed by atoms with van der Waals surface area (Å²) in [4.78, 5) is 11.9. The molecule has 0 fully saturated rings. The molecule has 114 valence electrons. The zero-order valence-electron chi connectivity index (χ0n) is 12.1. The van der Waals surface area contributed by atoms with Crippen LogP contribution in [0.1, 0.15) is 21.5 Å². The van der Waals surface area contributed by atoms with Crippen molar-refractivity contribution in [2.24, 2.45) is 5.10 Å². The minimum Gasteiger partial charge on any atom is -0.503 e.